The van der Waals surface area contributed by atoms with Crippen LogP contribution in [0.25, 0.3) is 0 Å². The highest BCUT2D eigenvalue weighted by Gasteiger charge is 2.21. The lowest BCUT2D eigenvalue weighted by molar-refractivity contribution is -0.147. The zero-order valence-electron chi connectivity index (χ0n) is 17.2. The summed E-state index contributed by atoms with van der Waals surface area (Å²) in [7, 11) is 0. The van der Waals surface area contributed by atoms with Gasteiger partial charge in [0, 0.05) is 17.9 Å². The summed E-state index contributed by atoms with van der Waals surface area (Å²) in [4.78, 5) is 37.9. The van der Waals surface area contributed by atoms with E-state index in [9.17, 15) is 23.2 Å². The summed E-state index contributed by atoms with van der Waals surface area (Å²) in [6, 6.07) is 12.3. The van der Waals surface area contributed by atoms with Crippen molar-refractivity contribution < 1.29 is 27.9 Å². The molecule has 0 spiro atoms. The van der Waals surface area contributed by atoms with Crippen LogP contribution in [0.1, 0.15) is 13.3 Å². The van der Waals surface area contributed by atoms with E-state index < -0.39 is 35.4 Å². The quantitative estimate of drug-likeness (QED) is 0.544. The minimum atomic E-state index is -0.722. The van der Waals surface area contributed by atoms with Crippen LogP contribution in [-0.2, 0) is 19.1 Å². The van der Waals surface area contributed by atoms with E-state index in [0.29, 0.717) is 11.4 Å². The Morgan fingerprint density at radius 3 is 2.28 bits per heavy atom. The Hall–Kier alpha value is -3.45. The molecule has 0 aliphatic carbocycles. The van der Waals surface area contributed by atoms with Crippen LogP contribution in [-0.4, -0.2) is 41.9 Å². The normalized spacial score (nSPS) is 11.2. The van der Waals surface area contributed by atoms with Gasteiger partial charge in [0.05, 0.1) is 18.2 Å². The molecule has 0 fully saturated rings. The highest BCUT2D eigenvalue weighted by Crippen LogP contribution is 2.17. The molecule has 2 rings (SSSR count). The molecule has 0 aliphatic heterocycles. The van der Waals surface area contributed by atoms with Crippen LogP contribution in [0.5, 0.6) is 0 Å². The van der Waals surface area contributed by atoms with Gasteiger partial charge in [0.25, 0.3) is 5.91 Å². The number of carbonyl (C=O) groups is 3. The van der Waals surface area contributed by atoms with Gasteiger partial charge in [0.1, 0.15) is 16.9 Å². The number of ether oxygens (including phenoxy) is 1. The predicted octanol–water partition coefficient (Wildman–Crippen LogP) is 3.52. The van der Waals surface area contributed by atoms with Crippen molar-refractivity contribution in [3.05, 3.63) is 60.2 Å². The Bertz CT molecular complexity index is 978. The van der Waals surface area contributed by atoms with Gasteiger partial charge in [-0.2, -0.15) is 5.26 Å². The molecule has 1 unspecified atom stereocenters. The van der Waals surface area contributed by atoms with Crippen molar-refractivity contribution in [2.45, 2.75) is 18.6 Å². The van der Waals surface area contributed by atoms with Crippen LogP contribution in [0.4, 0.5) is 20.2 Å². The standard InChI is InChI=1S/C22H21F2N3O4S/c1-15(32-14-20(28)26-18-7-3-16(23)4-8-18)22(30)31-13-21(29)27(12-2-11-25)19-9-5-17(24)6-10-19/h3-10,15H,2,12-14H2,1H3,(H,26,28). The molecule has 32 heavy (non-hydrogen) atoms. The number of nitrogens with zero attached hydrogens (tertiary/aromatic N) is 2. The molecule has 0 saturated carbocycles. The first-order valence-electron chi connectivity index (χ1n) is 9.56. The lowest BCUT2D eigenvalue weighted by Gasteiger charge is -2.22. The largest absolute Gasteiger partial charge is 0.455 e. The Morgan fingerprint density at radius 1 is 1.09 bits per heavy atom. The molecule has 0 aliphatic rings. The zero-order valence-corrected chi connectivity index (χ0v) is 18.0. The van der Waals surface area contributed by atoms with Crippen molar-refractivity contribution in [3.8, 4) is 6.07 Å². The summed E-state index contributed by atoms with van der Waals surface area (Å²) in [6.07, 6.45) is 0.0481. The van der Waals surface area contributed by atoms with Crippen LogP contribution in [0, 0.1) is 23.0 Å². The van der Waals surface area contributed by atoms with Gasteiger partial charge in [-0.3, -0.25) is 14.4 Å². The summed E-state index contributed by atoms with van der Waals surface area (Å²) >= 11 is 1.02. The molecule has 2 amide bonds. The molecule has 0 radical (unpaired) electrons. The fraction of sp³-hybridized carbons (Fsp3) is 0.273. The maximum atomic E-state index is 13.1. The molecule has 1 N–H and O–H groups in total. The van der Waals surface area contributed by atoms with Crippen molar-refractivity contribution >= 4 is 40.9 Å². The molecule has 10 heteroatoms. The highest BCUT2D eigenvalue weighted by molar-refractivity contribution is 8.01. The third kappa shape index (κ3) is 8.00. The third-order valence-electron chi connectivity index (χ3n) is 4.15. The van der Waals surface area contributed by atoms with E-state index in [-0.39, 0.29) is 24.6 Å². The molecule has 168 valence electrons. The van der Waals surface area contributed by atoms with E-state index in [1.165, 1.54) is 60.4 Å². The Balaban J connectivity index is 1.82. The smallest absolute Gasteiger partial charge is 0.319 e. The number of hydrogen-bond donors (Lipinski definition) is 1. The molecule has 0 saturated heterocycles. The predicted molar refractivity (Wildman–Crippen MR) is 117 cm³/mol. The van der Waals surface area contributed by atoms with Crippen LogP contribution >= 0.6 is 11.8 Å². The molecule has 1 atom stereocenters. The molecule has 2 aromatic carbocycles. The first-order chi connectivity index (χ1) is 15.3. The summed E-state index contributed by atoms with van der Waals surface area (Å²) in [5.41, 5.74) is 0.804. The van der Waals surface area contributed by atoms with Crippen molar-refractivity contribution in [3.63, 3.8) is 0 Å². The van der Waals surface area contributed by atoms with Crippen molar-refractivity contribution in [2.75, 3.05) is 29.1 Å². The van der Waals surface area contributed by atoms with Gasteiger partial charge in [-0.1, -0.05) is 0 Å². The van der Waals surface area contributed by atoms with E-state index in [4.69, 9.17) is 10.00 Å². The Kier molecular flexibility index (Phi) is 9.63. The topological polar surface area (TPSA) is 99.5 Å². The van der Waals surface area contributed by atoms with Gasteiger partial charge < -0.3 is 15.0 Å². The average molecular weight is 461 g/mol. The third-order valence-corrected chi connectivity index (χ3v) is 5.27. The SMILES string of the molecule is CC(SCC(=O)Nc1ccc(F)cc1)C(=O)OCC(=O)N(CCC#N)c1ccc(F)cc1. The van der Waals surface area contributed by atoms with Gasteiger partial charge in [-0.05, 0) is 55.5 Å². The Morgan fingerprint density at radius 2 is 1.69 bits per heavy atom. The fourth-order valence-corrected chi connectivity index (χ4v) is 3.19. The second kappa shape index (κ2) is 12.4. The van der Waals surface area contributed by atoms with Crippen LogP contribution in [0.2, 0.25) is 0 Å². The number of carbonyl (C=O) groups excluding carboxylic acids is 3. The van der Waals surface area contributed by atoms with Gasteiger partial charge in [-0.25, -0.2) is 8.78 Å². The zero-order chi connectivity index (χ0) is 23.5. The number of amides is 2. The molecular formula is C22H21F2N3O4S. The minimum absolute atomic E-state index is 0.0481. The molecule has 7 nitrogen and oxygen atoms in total. The number of nitriles is 1. The average Bonchev–Trinajstić information content (AvgIpc) is 2.78. The van der Waals surface area contributed by atoms with Crippen molar-refractivity contribution in [1.29, 1.82) is 5.26 Å². The van der Waals surface area contributed by atoms with E-state index in [1.807, 2.05) is 6.07 Å². The van der Waals surface area contributed by atoms with Crippen LogP contribution in [0.15, 0.2) is 48.5 Å². The molecule has 0 heterocycles. The molecule has 2 aromatic rings. The van der Waals surface area contributed by atoms with E-state index in [0.717, 1.165) is 11.8 Å². The summed E-state index contributed by atoms with van der Waals surface area (Å²) < 4.78 is 31.1. The van der Waals surface area contributed by atoms with E-state index in [2.05, 4.69) is 5.32 Å². The number of rotatable bonds is 10. The molecule has 0 aromatic heterocycles. The van der Waals surface area contributed by atoms with Gasteiger partial charge in [0.2, 0.25) is 5.91 Å². The number of benzene rings is 2. The highest BCUT2D eigenvalue weighted by atomic mass is 32.2. The fourth-order valence-electron chi connectivity index (χ4n) is 2.51. The summed E-state index contributed by atoms with van der Waals surface area (Å²) in [5.74, 6) is -2.57. The second-order valence-corrected chi connectivity index (χ2v) is 7.88. The Labute approximate surface area is 188 Å². The summed E-state index contributed by atoms with van der Waals surface area (Å²) in [5, 5.41) is 10.7. The maximum absolute atomic E-state index is 13.1. The lowest BCUT2D eigenvalue weighted by atomic mass is 10.2. The number of hydrogen-bond acceptors (Lipinski definition) is 6. The van der Waals surface area contributed by atoms with Crippen molar-refractivity contribution in [1.82, 2.24) is 0 Å². The van der Waals surface area contributed by atoms with Crippen molar-refractivity contribution in [2.24, 2.45) is 0 Å². The monoisotopic (exact) mass is 461 g/mol. The molecule has 0 bridgehead atoms. The number of thioether (sulfide) groups is 1. The van der Waals surface area contributed by atoms with Gasteiger partial charge >= 0.3 is 5.97 Å². The van der Waals surface area contributed by atoms with Gasteiger partial charge in [0.15, 0.2) is 6.61 Å². The number of anilines is 2. The number of esters is 1. The minimum Gasteiger partial charge on any atom is -0.455 e. The summed E-state index contributed by atoms with van der Waals surface area (Å²) in [6.45, 7) is 1.04. The van der Waals surface area contributed by atoms with E-state index in [1.54, 1.807) is 0 Å². The molecular weight excluding hydrogens is 440 g/mol. The first-order valence-corrected chi connectivity index (χ1v) is 10.6. The second-order valence-electron chi connectivity index (χ2n) is 6.55. The maximum Gasteiger partial charge on any atom is 0.319 e. The number of halogens is 2. The lowest BCUT2D eigenvalue weighted by Crippen LogP contribution is -2.36. The van der Waals surface area contributed by atoms with Crippen LogP contribution < -0.4 is 10.2 Å². The first kappa shape index (κ1) is 24.8. The number of nitrogens with one attached hydrogen (secondary N) is 1. The van der Waals surface area contributed by atoms with E-state index >= 15 is 0 Å². The van der Waals surface area contributed by atoms with Crippen LogP contribution in [0.3, 0.4) is 0 Å². The van der Waals surface area contributed by atoms with Gasteiger partial charge in [-0.15, -0.1) is 11.8 Å².